The molecule has 12 atom stereocenters. The first kappa shape index (κ1) is 28.7. The van der Waals surface area contributed by atoms with E-state index in [1.54, 1.807) is 14.2 Å². The molecular weight excluding hydrogens is 510 g/mol. The Labute approximate surface area is 231 Å². The second kappa shape index (κ2) is 11.2. The van der Waals surface area contributed by atoms with E-state index in [2.05, 4.69) is 5.32 Å². The summed E-state index contributed by atoms with van der Waals surface area (Å²) in [6.07, 6.45) is 5.00. The number of aliphatic hydroxyl groups excluding tert-OH is 1. The number of nitrogens with one attached hydrogen (secondary N) is 1. The van der Waals surface area contributed by atoms with Gasteiger partial charge in [0.15, 0.2) is 11.4 Å². The first-order valence-corrected chi connectivity index (χ1v) is 15.1. The number of piperidine rings is 1. The number of rotatable bonds is 5. The summed E-state index contributed by atoms with van der Waals surface area (Å²) in [5, 5.41) is 15.3. The summed E-state index contributed by atoms with van der Waals surface area (Å²) in [5.41, 5.74) is -1.34. The van der Waals surface area contributed by atoms with Crippen molar-refractivity contribution in [3.63, 3.8) is 0 Å². The van der Waals surface area contributed by atoms with Gasteiger partial charge in [-0.25, -0.2) is 0 Å². The third-order valence-electron chi connectivity index (χ3n) is 10.4. The van der Waals surface area contributed by atoms with Gasteiger partial charge in [-0.2, -0.15) is 0 Å². The van der Waals surface area contributed by atoms with Crippen LogP contribution in [0, 0.1) is 29.6 Å². The Balaban J connectivity index is 1.48. The van der Waals surface area contributed by atoms with Gasteiger partial charge in [-0.05, 0) is 44.4 Å². The van der Waals surface area contributed by atoms with Crippen LogP contribution in [0.25, 0.3) is 0 Å². The second-order valence-electron chi connectivity index (χ2n) is 12.8. The Morgan fingerprint density at radius 2 is 1.79 bits per heavy atom. The maximum Gasteiger partial charge on any atom is 0.323 e. The van der Waals surface area contributed by atoms with Crippen molar-refractivity contribution in [3.8, 4) is 0 Å². The SMILES string of the molecule is COC1CC(OC)C2C(=O)[C@@]3(OC2C1Cl)C(O)C1C(C[C@H]3C)NC(C(=O)OC(C)C)CC1C1CCCCC1. The van der Waals surface area contributed by atoms with E-state index in [-0.39, 0.29) is 53.9 Å². The van der Waals surface area contributed by atoms with Gasteiger partial charge in [-0.3, -0.25) is 9.59 Å². The third-order valence-corrected chi connectivity index (χ3v) is 11.0. The van der Waals surface area contributed by atoms with Crippen LogP contribution in [0.3, 0.4) is 0 Å². The number of hydrogen-bond acceptors (Lipinski definition) is 8. The number of methoxy groups -OCH3 is 2. The molecule has 216 valence electrons. The number of aliphatic hydroxyl groups is 1. The van der Waals surface area contributed by atoms with Crippen molar-refractivity contribution in [1.82, 2.24) is 5.32 Å². The van der Waals surface area contributed by atoms with Gasteiger partial charge in [0.2, 0.25) is 0 Å². The normalized spacial score (nSPS) is 47.7. The molecule has 9 heteroatoms. The fourth-order valence-electron chi connectivity index (χ4n) is 8.70. The number of fused-ring (bicyclic) bond motifs is 2. The average Bonchev–Trinajstić information content (AvgIpc) is 3.22. The van der Waals surface area contributed by atoms with Crippen LogP contribution in [0.15, 0.2) is 0 Å². The molecule has 8 nitrogen and oxygen atoms in total. The predicted molar refractivity (Wildman–Crippen MR) is 142 cm³/mol. The van der Waals surface area contributed by atoms with E-state index in [0.717, 1.165) is 25.7 Å². The van der Waals surface area contributed by atoms with E-state index in [1.165, 1.54) is 6.42 Å². The van der Waals surface area contributed by atoms with Crippen molar-refractivity contribution in [2.45, 2.75) is 126 Å². The van der Waals surface area contributed by atoms with Crippen LogP contribution < -0.4 is 5.32 Å². The topological polar surface area (TPSA) is 103 Å². The molecule has 10 unspecified atom stereocenters. The molecule has 0 amide bonds. The third kappa shape index (κ3) is 4.65. The highest BCUT2D eigenvalue weighted by atomic mass is 35.5. The minimum atomic E-state index is -1.34. The van der Waals surface area contributed by atoms with Crippen LogP contribution in [0.1, 0.15) is 72.1 Å². The van der Waals surface area contributed by atoms with Gasteiger partial charge in [0, 0.05) is 32.6 Å². The Kier molecular flexibility index (Phi) is 8.51. The zero-order valence-electron chi connectivity index (χ0n) is 23.4. The molecule has 1 spiro atoms. The van der Waals surface area contributed by atoms with Crippen molar-refractivity contribution in [2.24, 2.45) is 29.6 Å². The maximum absolute atomic E-state index is 14.3. The standard InChI is InChI=1S/C29H46ClNO7/c1-14(2)37-28(34)19-12-17(16-9-7-6-8-10-16)22-18(31-19)11-15(3)29(26(22)32)27(33)23-20(35-4)13-21(36-5)24(30)25(23)38-29/h14-26,31-32H,6-13H2,1-5H3/t15-,17?,18?,19?,20?,21?,22?,23?,24?,25?,26?,29+/m1/s1. The number of hydrogen-bond donors (Lipinski definition) is 2. The monoisotopic (exact) mass is 555 g/mol. The minimum Gasteiger partial charge on any atom is -0.462 e. The number of ketones is 1. The maximum atomic E-state index is 14.3. The summed E-state index contributed by atoms with van der Waals surface area (Å²) < 4.78 is 23.7. The number of carbonyl (C=O) groups is 2. The second-order valence-corrected chi connectivity index (χ2v) is 13.3. The van der Waals surface area contributed by atoms with Crippen molar-refractivity contribution < 1.29 is 33.6 Å². The molecule has 5 fully saturated rings. The molecule has 2 saturated heterocycles. The molecule has 2 heterocycles. The summed E-state index contributed by atoms with van der Waals surface area (Å²) in [6.45, 7) is 5.72. The molecule has 5 aliphatic rings. The molecule has 0 radical (unpaired) electrons. The minimum absolute atomic E-state index is 0.0864. The van der Waals surface area contributed by atoms with E-state index in [9.17, 15) is 14.7 Å². The molecule has 3 aliphatic carbocycles. The lowest BCUT2D eigenvalue weighted by molar-refractivity contribution is -0.210. The quantitative estimate of drug-likeness (QED) is 0.394. The Bertz CT molecular complexity index is 881. The van der Waals surface area contributed by atoms with Crippen LogP contribution in [-0.4, -0.2) is 84.7 Å². The lowest BCUT2D eigenvalue weighted by Crippen LogP contribution is -2.70. The number of esters is 1. The molecule has 5 rings (SSSR count). The number of carbonyl (C=O) groups excluding carboxylic acids is 2. The molecule has 3 saturated carbocycles. The van der Waals surface area contributed by atoms with Crippen LogP contribution in [0.4, 0.5) is 0 Å². The lowest BCUT2D eigenvalue weighted by atomic mass is 9.56. The van der Waals surface area contributed by atoms with Crippen LogP contribution in [-0.2, 0) is 28.5 Å². The smallest absolute Gasteiger partial charge is 0.323 e. The summed E-state index contributed by atoms with van der Waals surface area (Å²) in [4.78, 5) is 27.4. The molecule has 38 heavy (non-hydrogen) atoms. The predicted octanol–water partition coefficient (Wildman–Crippen LogP) is 3.25. The number of ether oxygens (including phenoxy) is 4. The zero-order chi connectivity index (χ0) is 27.4. The summed E-state index contributed by atoms with van der Waals surface area (Å²) >= 11 is 6.85. The van der Waals surface area contributed by atoms with E-state index in [1.807, 2.05) is 20.8 Å². The van der Waals surface area contributed by atoms with Gasteiger partial charge in [0.1, 0.15) is 6.04 Å². The van der Waals surface area contributed by atoms with Crippen molar-refractivity contribution in [2.75, 3.05) is 14.2 Å². The highest BCUT2D eigenvalue weighted by Gasteiger charge is 2.70. The molecule has 0 aromatic carbocycles. The van der Waals surface area contributed by atoms with Crippen LogP contribution in [0.2, 0.25) is 0 Å². The summed E-state index contributed by atoms with van der Waals surface area (Å²) in [5.74, 6) is -0.816. The summed E-state index contributed by atoms with van der Waals surface area (Å²) in [7, 11) is 3.23. The molecule has 2 N–H and O–H groups in total. The first-order chi connectivity index (χ1) is 18.1. The first-order valence-electron chi connectivity index (χ1n) is 14.7. The Morgan fingerprint density at radius 3 is 2.42 bits per heavy atom. The van der Waals surface area contributed by atoms with Gasteiger partial charge in [0.05, 0.1) is 41.8 Å². The van der Waals surface area contributed by atoms with Gasteiger partial charge >= 0.3 is 5.97 Å². The van der Waals surface area contributed by atoms with Crippen molar-refractivity contribution in [3.05, 3.63) is 0 Å². The van der Waals surface area contributed by atoms with Crippen LogP contribution in [0.5, 0.6) is 0 Å². The van der Waals surface area contributed by atoms with E-state index in [0.29, 0.717) is 25.2 Å². The number of alkyl halides is 1. The summed E-state index contributed by atoms with van der Waals surface area (Å²) in [6, 6.07) is -0.513. The number of Topliss-reactive ketones (excluding diaryl/α,β-unsaturated/α-hetero) is 1. The average molecular weight is 556 g/mol. The van der Waals surface area contributed by atoms with E-state index >= 15 is 0 Å². The van der Waals surface area contributed by atoms with Gasteiger partial charge in [0.25, 0.3) is 0 Å². The Hall–Kier alpha value is -0.770. The van der Waals surface area contributed by atoms with Crippen LogP contribution >= 0.6 is 11.6 Å². The van der Waals surface area contributed by atoms with E-state index in [4.69, 9.17) is 30.5 Å². The lowest BCUT2D eigenvalue weighted by Gasteiger charge is -2.56. The molecule has 0 aromatic rings. The largest absolute Gasteiger partial charge is 0.462 e. The Morgan fingerprint density at radius 1 is 1.11 bits per heavy atom. The van der Waals surface area contributed by atoms with Gasteiger partial charge < -0.3 is 29.4 Å². The fraction of sp³-hybridized carbons (Fsp3) is 0.931. The molecule has 2 aliphatic heterocycles. The number of halogens is 1. The van der Waals surface area contributed by atoms with Gasteiger partial charge in [-0.15, -0.1) is 11.6 Å². The molecule has 0 bridgehead atoms. The highest BCUT2D eigenvalue weighted by Crippen LogP contribution is 2.56. The van der Waals surface area contributed by atoms with Crippen molar-refractivity contribution >= 4 is 23.4 Å². The van der Waals surface area contributed by atoms with Gasteiger partial charge in [-0.1, -0.05) is 39.0 Å². The van der Waals surface area contributed by atoms with Crippen molar-refractivity contribution in [1.29, 1.82) is 0 Å². The van der Waals surface area contributed by atoms with E-state index < -0.39 is 35.1 Å². The zero-order valence-corrected chi connectivity index (χ0v) is 24.2. The molecular formula is C29H46ClNO7. The highest BCUT2D eigenvalue weighted by molar-refractivity contribution is 6.22. The fourth-order valence-corrected chi connectivity index (χ4v) is 9.11. The molecule has 0 aromatic heterocycles.